The number of likely N-dealkylation sites (tertiary alicyclic amines) is 1. The third-order valence-electron chi connectivity index (χ3n) is 8.49. The summed E-state index contributed by atoms with van der Waals surface area (Å²) in [6, 6.07) is 5.65. The fraction of sp³-hybridized carbons (Fsp3) is 0.400. The lowest BCUT2D eigenvalue weighted by Gasteiger charge is -2.49. The van der Waals surface area contributed by atoms with Gasteiger partial charge in [-0.15, -0.1) is 0 Å². The van der Waals surface area contributed by atoms with E-state index in [-0.39, 0.29) is 22.0 Å². The van der Waals surface area contributed by atoms with Gasteiger partial charge >= 0.3 is 12.4 Å². The van der Waals surface area contributed by atoms with Crippen LogP contribution in [0.15, 0.2) is 47.5 Å². The van der Waals surface area contributed by atoms with Crippen molar-refractivity contribution in [3.63, 3.8) is 0 Å². The molecule has 15 heteroatoms. The maximum Gasteiger partial charge on any atom is 0.416 e. The van der Waals surface area contributed by atoms with E-state index < -0.39 is 64.4 Å². The highest BCUT2D eigenvalue weighted by Gasteiger charge is 2.54. The number of carboxylic acid groups (broad SMARTS) is 1. The highest BCUT2D eigenvalue weighted by atomic mass is 32.2. The third-order valence-corrected chi connectivity index (χ3v) is 9.40. The van der Waals surface area contributed by atoms with E-state index in [0.717, 1.165) is 11.0 Å². The zero-order chi connectivity index (χ0) is 33.1. The summed E-state index contributed by atoms with van der Waals surface area (Å²) in [7, 11) is 0. The molecule has 0 N–H and O–H groups in total. The van der Waals surface area contributed by atoms with E-state index in [1.54, 1.807) is 39.0 Å². The van der Waals surface area contributed by atoms with Gasteiger partial charge in [0.2, 0.25) is 0 Å². The molecule has 1 unspecified atom stereocenters. The molecule has 2 aliphatic heterocycles. The van der Waals surface area contributed by atoms with Gasteiger partial charge in [-0.05, 0) is 74.0 Å². The number of alkyl halides is 6. The fourth-order valence-electron chi connectivity index (χ4n) is 6.26. The summed E-state index contributed by atoms with van der Waals surface area (Å²) in [6.07, 6.45) is -7.25. The molecule has 2 aliphatic rings. The Hall–Kier alpha value is -3.85. The molecule has 3 heterocycles. The summed E-state index contributed by atoms with van der Waals surface area (Å²) >= 11 is 0.716. The lowest BCUT2D eigenvalue weighted by molar-refractivity contribution is -0.929. The number of imide groups is 1. The van der Waals surface area contributed by atoms with Crippen molar-refractivity contribution in [2.24, 2.45) is 0 Å². The number of quaternary nitrogens is 1. The normalized spacial score (nSPS) is 22.3. The number of fused-ring (bicyclic) bond motifs is 1. The molecule has 0 saturated carbocycles. The molecule has 2 saturated heterocycles. The average molecular weight is 655 g/mol. The van der Waals surface area contributed by atoms with E-state index in [1.807, 2.05) is 0 Å². The number of hydrogen-bond acceptors (Lipinski definition) is 6. The maximum absolute atomic E-state index is 13.6. The number of benzene rings is 2. The van der Waals surface area contributed by atoms with Crippen molar-refractivity contribution in [2.45, 2.75) is 64.1 Å². The summed E-state index contributed by atoms with van der Waals surface area (Å²) < 4.78 is 81.0. The zero-order valence-corrected chi connectivity index (χ0v) is 25.1. The number of carbonyl (C=O) groups excluding carboxylic acids is 3. The summed E-state index contributed by atoms with van der Waals surface area (Å²) in [5.74, 6) is -0.569. The van der Waals surface area contributed by atoms with Crippen molar-refractivity contribution >= 4 is 46.0 Å². The van der Waals surface area contributed by atoms with Gasteiger partial charge in [-0.3, -0.25) is 23.7 Å². The molecule has 3 amide bonds. The molecule has 240 valence electrons. The summed E-state index contributed by atoms with van der Waals surface area (Å²) in [5.41, 5.74) is -3.05. The van der Waals surface area contributed by atoms with Crippen molar-refractivity contribution in [2.75, 3.05) is 13.1 Å². The van der Waals surface area contributed by atoms with Gasteiger partial charge in [-0.2, -0.15) is 31.4 Å². The number of halogens is 6. The van der Waals surface area contributed by atoms with Gasteiger partial charge in [0.05, 0.1) is 52.9 Å². The molecule has 0 bridgehead atoms. The molecule has 5 rings (SSSR count). The monoisotopic (exact) mass is 654 g/mol. The standard InChI is InChI=1S/C30H28F6N4O4S/c1-28(2,3)40(27(43)44)10-4-5-21(40)16-38-25(41)24(45-26(38)42)12-17-6-9-23-19(11-17)14-37-39(23)15-18-7-8-20(29(31,32)33)13-22(18)30(34,35)36/h6-9,11-14,21H,4-5,10,15-16H2,1-3H3/t21-,40?/m1/s1. The zero-order valence-electron chi connectivity index (χ0n) is 24.3. The van der Waals surface area contributed by atoms with E-state index in [1.165, 1.54) is 17.0 Å². The molecule has 0 aliphatic carbocycles. The number of aromatic nitrogens is 2. The molecule has 2 aromatic carbocycles. The second-order valence-corrected chi connectivity index (χ2v) is 13.1. The molecule has 2 fully saturated rings. The number of rotatable bonds is 5. The van der Waals surface area contributed by atoms with E-state index in [9.17, 15) is 45.8 Å². The highest BCUT2D eigenvalue weighted by Crippen LogP contribution is 2.40. The topological polar surface area (TPSA) is 95.3 Å². The Morgan fingerprint density at radius 2 is 1.78 bits per heavy atom. The van der Waals surface area contributed by atoms with Crippen molar-refractivity contribution in [3.8, 4) is 0 Å². The quantitative estimate of drug-likeness (QED) is 0.183. The minimum Gasteiger partial charge on any atom is -0.498 e. The molecule has 1 aromatic heterocycles. The van der Waals surface area contributed by atoms with Crippen molar-refractivity contribution in [1.29, 1.82) is 0 Å². The Labute approximate surface area is 257 Å². The van der Waals surface area contributed by atoms with Crippen LogP contribution in [0.4, 0.5) is 35.9 Å². The molecule has 8 nitrogen and oxygen atoms in total. The minimum absolute atomic E-state index is 0.0804. The van der Waals surface area contributed by atoms with Crippen LogP contribution in [0, 0.1) is 0 Å². The first kappa shape index (κ1) is 32.5. The molecule has 0 spiro atoms. The van der Waals surface area contributed by atoms with E-state index in [0.29, 0.717) is 53.7 Å². The van der Waals surface area contributed by atoms with Gasteiger partial charge in [-0.25, -0.2) is 0 Å². The van der Waals surface area contributed by atoms with Gasteiger partial charge in [-0.1, -0.05) is 12.1 Å². The fourth-order valence-corrected chi connectivity index (χ4v) is 7.11. The Balaban J connectivity index is 1.38. The van der Waals surface area contributed by atoms with Crippen LogP contribution in [0.5, 0.6) is 0 Å². The number of amides is 3. The Morgan fingerprint density at radius 3 is 2.40 bits per heavy atom. The third kappa shape index (κ3) is 5.94. The molecular weight excluding hydrogens is 626 g/mol. The maximum atomic E-state index is 13.6. The van der Waals surface area contributed by atoms with Crippen LogP contribution >= 0.6 is 11.8 Å². The molecule has 2 atom stereocenters. The van der Waals surface area contributed by atoms with Crippen LogP contribution in [-0.2, 0) is 23.7 Å². The van der Waals surface area contributed by atoms with Crippen LogP contribution in [0.2, 0.25) is 0 Å². The Morgan fingerprint density at radius 1 is 1.07 bits per heavy atom. The predicted molar refractivity (Wildman–Crippen MR) is 151 cm³/mol. The smallest absolute Gasteiger partial charge is 0.416 e. The Kier molecular flexibility index (Phi) is 8.09. The predicted octanol–water partition coefficient (Wildman–Crippen LogP) is 6.28. The number of nitrogens with zero attached hydrogens (tertiary/aromatic N) is 4. The highest BCUT2D eigenvalue weighted by molar-refractivity contribution is 8.18. The second kappa shape index (κ2) is 11.2. The largest absolute Gasteiger partial charge is 0.498 e. The van der Waals surface area contributed by atoms with Crippen LogP contribution < -0.4 is 5.11 Å². The van der Waals surface area contributed by atoms with Gasteiger partial charge in [0.15, 0.2) is 0 Å². The summed E-state index contributed by atoms with van der Waals surface area (Å²) in [5, 5.41) is 16.4. The first-order valence-corrected chi connectivity index (χ1v) is 14.7. The molecular formula is C30H28F6N4O4S. The van der Waals surface area contributed by atoms with Crippen molar-refractivity contribution in [3.05, 3.63) is 69.8 Å². The van der Waals surface area contributed by atoms with Crippen LogP contribution in [0.3, 0.4) is 0 Å². The van der Waals surface area contributed by atoms with Crippen molar-refractivity contribution in [1.82, 2.24) is 14.7 Å². The Bertz CT molecular complexity index is 1730. The van der Waals surface area contributed by atoms with Crippen molar-refractivity contribution < 1.29 is 50.3 Å². The second-order valence-electron chi connectivity index (χ2n) is 12.1. The number of hydrogen-bond donors (Lipinski definition) is 0. The molecule has 0 radical (unpaired) electrons. The van der Waals surface area contributed by atoms with Gasteiger partial charge in [0.1, 0.15) is 6.04 Å². The van der Waals surface area contributed by atoms with Crippen LogP contribution in [0.1, 0.15) is 55.9 Å². The van der Waals surface area contributed by atoms with Gasteiger partial charge < -0.3 is 9.90 Å². The first-order chi connectivity index (χ1) is 20.8. The first-order valence-electron chi connectivity index (χ1n) is 13.9. The number of carbonyl (C=O) groups is 3. The average Bonchev–Trinajstić information content (AvgIpc) is 3.60. The summed E-state index contributed by atoms with van der Waals surface area (Å²) in [6.45, 7) is 5.15. The summed E-state index contributed by atoms with van der Waals surface area (Å²) in [4.78, 5) is 39.6. The van der Waals surface area contributed by atoms with Gasteiger partial charge in [0, 0.05) is 18.2 Å². The van der Waals surface area contributed by atoms with Crippen LogP contribution in [-0.4, -0.2) is 61.1 Å². The van der Waals surface area contributed by atoms with E-state index in [2.05, 4.69) is 5.10 Å². The molecule has 3 aromatic rings. The lowest BCUT2D eigenvalue weighted by atomic mass is 9.99. The van der Waals surface area contributed by atoms with Gasteiger partial charge in [0.25, 0.3) is 17.2 Å². The van der Waals surface area contributed by atoms with Crippen LogP contribution in [0.25, 0.3) is 17.0 Å². The van der Waals surface area contributed by atoms with E-state index in [4.69, 9.17) is 0 Å². The SMILES string of the molecule is CC(C)(C)[N+]1(C(=O)[O-])CCC[C@@H]1CN1C(=O)SC(=Cc2ccc3c(cnn3Cc3ccc(C(F)(F)F)cc3C(F)(F)F)c2)C1=O. The number of thioether (sulfide) groups is 1. The van der Waals surface area contributed by atoms with E-state index >= 15 is 0 Å². The molecule has 45 heavy (non-hydrogen) atoms. The lowest BCUT2D eigenvalue weighted by Crippen LogP contribution is -2.71. The minimum atomic E-state index is -5.02.